The summed E-state index contributed by atoms with van der Waals surface area (Å²) in [6, 6.07) is 0.849. The number of piperidine rings is 2. The average molecular weight is 281 g/mol. The summed E-state index contributed by atoms with van der Waals surface area (Å²) in [7, 11) is 2.32. The Bertz CT molecular complexity index is 257. The van der Waals surface area contributed by atoms with Crippen LogP contribution >= 0.6 is 0 Å². The Balaban J connectivity index is 1.64. The van der Waals surface area contributed by atoms with Crippen LogP contribution in [-0.2, 0) is 0 Å². The second kappa shape index (κ2) is 9.01. The van der Waals surface area contributed by atoms with E-state index in [9.17, 15) is 0 Å². The third-order valence-corrected chi connectivity index (χ3v) is 5.16. The van der Waals surface area contributed by atoms with Crippen LogP contribution in [0.5, 0.6) is 0 Å². The molecule has 0 aromatic rings. The predicted octanol–water partition coefficient (Wildman–Crippen LogP) is 2.57. The number of hydrogen-bond acceptors (Lipinski definition) is 3. The molecule has 0 aliphatic carbocycles. The summed E-state index contributed by atoms with van der Waals surface area (Å²) >= 11 is 0. The fourth-order valence-electron chi connectivity index (χ4n) is 3.84. The normalized spacial score (nSPS) is 29.7. The zero-order valence-electron chi connectivity index (χ0n) is 13.7. The summed E-state index contributed by atoms with van der Waals surface area (Å²) in [5.74, 6) is 0.888. The van der Waals surface area contributed by atoms with Crippen LogP contribution < -0.4 is 5.32 Å². The van der Waals surface area contributed by atoms with E-state index in [0.717, 1.165) is 12.0 Å². The number of rotatable bonds is 7. The molecule has 3 nitrogen and oxygen atoms in total. The van der Waals surface area contributed by atoms with Crippen molar-refractivity contribution < 1.29 is 0 Å². The second-order valence-corrected chi connectivity index (χ2v) is 6.93. The molecular formula is C17H35N3. The number of likely N-dealkylation sites (tertiary alicyclic amines) is 2. The van der Waals surface area contributed by atoms with Crippen molar-refractivity contribution in [3.05, 3.63) is 0 Å². The highest BCUT2D eigenvalue weighted by Gasteiger charge is 2.22. The first-order valence-corrected chi connectivity index (χ1v) is 8.93. The lowest BCUT2D eigenvalue weighted by molar-refractivity contribution is 0.128. The van der Waals surface area contributed by atoms with Crippen LogP contribution in [0.4, 0.5) is 0 Å². The van der Waals surface area contributed by atoms with E-state index >= 15 is 0 Å². The zero-order valence-corrected chi connectivity index (χ0v) is 13.7. The molecule has 2 heterocycles. The van der Waals surface area contributed by atoms with Gasteiger partial charge in [-0.15, -0.1) is 0 Å². The van der Waals surface area contributed by atoms with Crippen molar-refractivity contribution in [1.29, 1.82) is 0 Å². The quantitative estimate of drug-likeness (QED) is 0.724. The fourth-order valence-corrected chi connectivity index (χ4v) is 3.84. The van der Waals surface area contributed by atoms with Gasteiger partial charge >= 0.3 is 0 Å². The molecule has 2 aliphatic rings. The Morgan fingerprint density at radius 3 is 2.80 bits per heavy atom. The molecule has 0 aromatic heterocycles. The van der Waals surface area contributed by atoms with Crippen LogP contribution in [0.25, 0.3) is 0 Å². The molecule has 20 heavy (non-hydrogen) atoms. The lowest BCUT2D eigenvalue weighted by atomic mass is 9.96. The van der Waals surface area contributed by atoms with E-state index in [1.807, 2.05) is 0 Å². The van der Waals surface area contributed by atoms with Crippen molar-refractivity contribution in [2.45, 2.75) is 57.9 Å². The molecule has 0 bridgehead atoms. The molecule has 1 N–H and O–H groups in total. The molecule has 118 valence electrons. The van der Waals surface area contributed by atoms with Crippen molar-refractivity contribution in [2.75, 3.05) is 46.3 Å². The number of hydrogen-bond donors (Lipinski definition) is 1. The largest absolute Gasteiger partial charge is 0.316 e. The van der Waals surface area contributed by atoms with Gasteiger partial charge in [-0.1, -0.05) is 13.3 Å². The summed E-state index contributed by atoms with van der Waals surface area (Å²) in [4.78, 5) is 5.32. The minimum Gasteiger partial charge on any atom is -0.316 e. The summed E-state index contributed by atoms with van der Waals surface area (Å²) in [5, 5.41) is 3.60. The number of nitrogens with zero attached hydrogens (tertiary/aromatic N) is 2. The van der Waals surface area contributed by atoms with Gasteiger partial charge in [-0.25, -0.2) is 0 Å². The third-order valence-electron chi connectivity index (χ3n) is 5.16. The predicted molar refractivity (Wildman–Crippen MR) is 87.2 cm³/mol. The Morgan fingerprint density at radius 2 is 2.00 bits per heavy atom. The van der Waals surface area contributed by atoms with Crippen molar-refractivity contribution in [3.63, 3.8) is 0 Å². The maximum absolute atomic E-state index is 3.60. The second-order valence-electron chi connectivity index (χ2n) is 6.93. The van der Waals surface area contributed by atoms with E-state index in [4.69, 9.17) is 0 Å². The van der Waals surface area contributed by atoms with Gasteiger partial charge in [0.25, 0.3) is 0 Å². The first-order valence-electron chi connectivity index (χ1n) is 8.93. The number of nitrogens with one attached hydrogen (secondary N) is 1. The first-order chi connectivity index (χ1) is 9.79. The molecule has 0 radical (unpaired) electrons. The molecule has 2 rings (SSSR count). The Hall–Kier alpha value is -0.120. The van der Waals surface area contributed by atoms with Gasteiger partial charge < -0.3 is 15.1 Å². The maximum Gasteiger partial charge on any atom is 0.0104 e. The molecule has 2 fully saturated rings. The van der Waals surface area contributed by atoms with Gasteiger partial charge in [0, 0.05) is 12.6 Å². The van der Waals surface area contributed by atoms with Gasteiger partial charge in [0.05, 0.1) is 0 Å². The molecule has 2 unspecified atom stereocenters. The Labute approximate surface area is 126 Å². The van der Waals surface area contributed by atoms with E-state index in [2.05, 4.69) is 29.1 Å². The van der Waals surface area contributed by atoms with Crippen LogP contribution in [-0.4, -0.2) is 62.2 Å². The maximum atomic E-state index is 3.60. The van der Waals surface area contributed by atoms with E-state index in [1.165, 1.54) is 84.2 Å². The molecule has 3 heteroatoms. The van der Waals surface area contributed by atoms with Gasteiger partial charge in [0.1, 0.15) is 0 Å². The lowest BCUT2D eigenvalue weighted by Crippen LogP contribution is -2.43. The van der Waals surface area contributed by atoms with E-state index in [1.54, 1.807) is 0 Å². The third kappa shape index (κ3) is 5.34. The van der Waals surface area contributed by atoms with Crippen LogP contribution in [0.15, 0.2) is 0 Å². The summed E-state index contributed by atoms with van der Waals surface area (Å²) in [6.45, 7) is 9.96. The molecular weight excluding hydrogens is 246 g/mol. The van der Waals surface area contributed by atoms with Gasteiger partial charge in [-0.05, 0) is 84.2 Å². The average Bonchev–Trinajstić information content (AvgIpc) is 2.47. The summed E-state index contributed by atoms with van der Waals surface area (Å²) < 4.78 is 0. The monoisotopic (exact) mass is 281 g/mol. The molecule has 0 aromatic carbocycles. The van der Waals surface area contributed by atoms with Crippen molar-refractivity contribution >= 4 is 0 Å². The van der Waals surface area contributed by atoms with Crippen molar-refractivity contribution in [1.82, 2.24) is 15.1 Å². The smallest absolute Gasteiger partial charge is 0.0104 e. The highest BCUT2D eigenvalue weighted by molar-refractivity contribution is 4.79. The van der Waals surface area contributed by atoms with Crippen LogP contribution in [0.3, 0.4) is 0 Å². The SMILES string of the molecule is CCCNCC1CCCN(CCC2CCCCN2C)C1. The van der Waals surface area contributed by atoms with E-state index in [-0.39, 0.29) is 0 Å². The summed E-state index contributed by atoms with van der Waals surface area (Å²) in [5.41, 5.74) is 0. The molecule has 2 saturated heterocycles. The fraction of sp³-hybridized carbons (Fsp3) is 1.00. The Morgan fingerprint density at radius 1 is 1.10 bits per heavy atom. The van der Waals surface area contributed by atoms with Gasteiger partial charge in [0.2, 0.25) is 0 Å². The standard InChI is InChI=1S/C17H35N3/c1-3-10-18-14-16-7-6-12-20(15-16)13-9-17-8-4-5-11-19(17)2/h16-18H,3-15H2,1-2H3. The van der Waals surface area contributed by atoms with Crippen LogP contribution in [0, 0.1) is 5.92 Å². The van der Waals surface area contributed by atoms with Gasteiger partial charge in [0.15, 0.2) is 0 Å². The van der Waals surface area contributed by atoms with E-state index < -0.39 is 0 Å². The van der Waals surface area contributed by atoms with Crippen LogP contribution in [0.2, 0.25) is 0 Å². The molecule has 0 amide bonds. The molecule has 0 spiro atoms. The zero-order chi connectivity index (χ0) is 14.2. The molecule has 2 atom stereocenters. The van der Waals surface area contributed by atoms with Crippen molar-refractivity contribution in [2.24, 2.45) is 5.92 Å². The highest BCUT2D eigenvalue weighted by Crippen LogP contribution is 2.20. The minimum atomic E-state index is 0.849. The van der Waals surface area contributed by atoms with Gasteiger partial charge in [-0.2, -0.15) is 0 Å². The summed E-state index contributed by atoms with van der Waals surface area (Å²) in [6.07, 6.45) is 9.73. The van der Waals surface area contributed by atoms with Crippen LogP contribution in [0.1, 0.15) is 51.9 Å². The van der Waals surface area contributed by atoms with Crippen molar-refractivity contribution in [3.8, 4) is 0 Å². The first kappa shape index (κ1) is 16.3. The molecule has 0 saturated carbocycles. The lowest BCUT2D eigenvalue weighted by Gasteiger charge is -2.37. The minimum absolute atomic E-state index is 0.849. The topological polar surface area (TPSA) is 18.5 Å². The Kier molecular flexibility index (Phi) is 7.32. The molecule has 2 aliphatic heterocycles. The van der Waals surface area contributed by atoms with E-state index in [0.29, 0.717) is 0 Å². The van der Waals surface area contributed by atoms with Gasteiger partial charge in [-0.3, -0.25) is 0 Å². The highest BCUT2D eigenvalue weighted by atomic mass is 15.2.